The maximum Gasteiger partial charge on any atom is 0.380 e. The number of carbonyl (C=O) groups is 1. The number of fused-ring (bicyclic) bond motifs is 1. The van der Waals surface area contributed by atoms with Crippen LogP contribution in [0, 0.1) is 6.92 Å². The van der Waals surface area contributed by atoms with E-state index in [4.69, 9.17) is 18.6 Å². The highest BCUT2D eigenvalue weighted by Crippen LogP contribution is 2.47. The zero-order valence-corrected chi connectivity index (χ0v) is 17.4. The highest BCUT2D eigenvalue weighted by Gasteiger charge is 2.23. The van der Waals surface area contributed by atoms with Crippen LogP contribution in [0.4, 0.5) is 0 Å². The first-order valence-corrected chi connectivity index (χ1v) is 10.9. The molecule has 1 aliphatic heterocycles. The summed E-state index contributed by atoms with van der Waals surface area (Å²) in [7, 11) is 3.17. The summed E-state index contributed by atoms with van der Waals surface area (Å²) >= 11 is 3.83. The predicted octanol–water partition coefficient (Wildman–Crippen LogP) is 5.46. The second kappa shape index (κ2) is 8.01. The van der Waals surface area contributed by atoms with Gasteiger partial charge in [-0.2, -0.15) is 0 Å². The number of hydrogen-bond acceptors (Lipinski definition) is 7. The van der Waals surface area contributed by atoms with Gasteiger partial charge in [-0.3, -0.25) is 0 Å². The molecule has 7 heteroatoms. The summed E-state index contributed by atoms with van der Waals surface area (Å²) in [6, 6.07) is 11.1. The Hall–Kier alpha value is -2.25. The Morgan fingerprint density at radius 3 is 2.54 bits per heavy atom. The van der Waals surface area contributed by atoms with Crippen LogP contribution in [0.1, 0.15) is 26.3 Å². The molecule has 0 atom stereocenters. The van der Waals surface area contributed by atoms with E-state index in [1.807, 2.05) is 48.6 Å². The van der Waals surface area contributed by atoms with Crippen molar-refractivity contribution < 1.29 is 23.4 Å². The Bertz CT molecular complexity index is 1020. The molecule has 3 aromatic rings. The van der Waals surface area contributed by atoms with Gasteiger partial charge in [0.15, 0.2) is 11.5 Å². The van der Waals surface area contributed by atoms with Crippen molar-refractivity contribution in [1.29, 1.82) is 0 Å². The molecule has 1 aliphatic rings. The summed E-state index contributed by atoms with van der Waals surface area (Å²) in [6.45, 7) is 1.83. The molecule has 28 heavy (non-hydrogen) atoms. The third-order valence-electron chi connectivity index (χ3n) is 4.61. The predicted molar refractivity (Wildman–Crippen MR) is 113 cm³/mol. The fourth-order valence-electron chi connectivity index (χ4n) is 3.13. The Balaban J connectivity index is 1.61. The molecule has 0 unspecified atom stereocenters. The monoisotopic (exact) mass is 416 g/mol. The van der Waals surface area contributed by atoms with Gasteiger partial charge < -0.3 is 18.6 Å². The van der Waals surface area contributed by atoms with Crippen LogP contribution in [0.2, 0.25) is 0 Å². The van der Waals surface area contributed by atoms with Gasteiger partial charge in [-0.05, 0) is 42.8 Å². The lowest BCUT2D eigenvalue weighted by Gasteiger charge is -2.13. The maximum atomic E-state index is 12.8. The fourth-order valence-corrected chi connectivity index (χ4v) is 5.97. The maximum absolute atomic E-state index is 12.8. The van der Waals surface area contributed by atoms with E-state index in [2.05, 4.69) is 0 Å². The van der Waals surface area contributed by atoms with Crippen LogP contribution in [-0.4, -0.2) is 31.7 Å². The van der Waals surface area contributed by atoms with Crippen molar-refractivity contribution in [1.82, 2.24) is 0 Å². The minimum atomic E-state index is -0.552. The van der Waals surface area contributed by atoms with Gasteiger partial charge in [0.1, 0.15) is 11.3 Å². The molecule has 0 saturated carbocycles. The van der Waals surface area contributed by atoms with Crippen molar-refractivity contribution >= 4 is 40.5 Å². The second-order valence-electron chi connectivity index (χ2n) is 6.29. The Morgan fingerprint density at radius 2 is 1.82 bits per heavy atom. The summed E-state index contributed by atoms with van der Waals surface area (Å²) in [6.07, 6.45) is 0. The molecular weight excluding hydrogens is 396 g/mol. The number of aryl methyl sites for hydroxylation is 1. The van der Waals surface area contributed by atoms with Crippen LogP contribution >= 0.6 is 23.5 Å². The Labute approximate surface area is 171 Å². The summed E-state index contributed by atoms with van der Waals surface area (Å²) in [5.74, 6) is 3.53. The molecule has 0 aliphatic carbocycles. The third-order valence-corrected chi connectivity index (χ3v) is 7.72. The molecule has 1 saturated heterocycles. The van der Waals surface area contributed by atoms with E-state index in [0.29, 0.717) is 33.0 Å². The molecule has 2 heterocycles. The van der Waals surface area contributed by atoms with Crippen LogP contribution in [0.5, 0.6) is 17.2 Å². The largest absolute Gasteiger partial charge is 0.497 e. The van der Waals surface area contributed by atoms with Crippen molar-refractivity contribution in [2.45, 2.75) is 11.5 Å². The van der Waals surface area contributed by atoms with Gasteiger partial charge in [-0.15, -0.1) is 23.5 Å². The molecule has 2 aromatic carbocycles. The van der Waals surface area contributed by atoms with E-state index in [1.165, 1.54) is 0 Å². The van der Waals surface area contributed by atoms with E-state index >= 15 is 0 Å². The molecule has 5 nitrogen and oxygen atoms in total. The van der Waals surface area contributed by atoms with Crippen molar-refractivity contribution in [2.75, 3.05) is 25.7 Å². The number of carbonyl (C=O) groups excluding carboxylic acids is 1. The molecule has 1 fully saturated rings. The third kappa shape index (κ3) is 3.56. The smallest absolute Gasteiger partial charge is 0.380 e. The number of benzene rings is 2. The van der Waals surface area contributed by atoms with E-state index in [0.717, 1.165) is 22.5 Å². The summed E-state index contributed by atoms with van der Waals surface area (Å²) in [5, 5.41) is 0.823. The van der Waals surface area contributed by atoms with Gasteiger partial charge in [0, 0.05) is 22.5 Å². The number of rotatable bonds is 5. The summed E-state index contributed by atoms with van der Waals surface area (Å²) < 4.78 is 22.4. The van der Waals surface area contributed by atoms with E-state index in [1.54, 1.807) is 32.4 Å². The molecule has 0 amide bonds. The summed E-state index contributed by atoms with van der Waals surface area (Å²) in [4.78, 5) is 12.8. The average Bonchev–Trinajstić information content (AvgIpc) is 3.36. The minimum absolute atomic E-state index is 0.177. The van der Waals surface area contributed by atoms with Gasteiger partial charge in [-0.25, -0.2) is 4.79 Å². The molecule has 0 bridgehead atoms. The first-order valence-electron chi connectivity index (χ1n) is 8.81. The molecular formula is C21H20O5S2. The van der Waals surface area contributed by atoms with Gasteiger partial charge in [0.05, 0.1) is 18.8 Å². The standard InChI is InChI=1S/C21H20O5S2/c1-12-15-11-14(23-2)5-7-16(15)25-19(12)20(22)26-17-6-4-13(10-18(17)24-3)21-27-8-9-28-21/h4-7,10-11,21H,8-9H2,1-3H3. The SMILES string of the molecule is COc1ccc2oc(C(=O)Oc3ccc(C4SCCS4)cc3OC)c(C)c2c1. The van der Waals surface area contributed by atoms with E-state index in [-0.39, 0.29) is 5.76 Å². The average molecular weight is 417 g/mol. The van der Waals surface area contributed by atoms with E-state index in [9.17, 15) is 4.79 Å². The van der Waals surface area contributed by atoms with Crippen molar-refractivity contribution in [2.24, 2.45) is 0 Å². The zero-order valence-electron chi connectivity index (χ0n) is 15.8. The van der Waals surface area contributed by atoms with Crippen LogP contribution in [0.3, 0.4) is 0 Å². The van der Waals surface area contributed by atoms with Gasteiger partial charge in [0.2, 0.25) is 5.76 Å². The number of ether oxygens (including phenoxy) is 3. The lowest BCUT2D eigenvalue weighted by molar-refractivity contribution is 0.0698. The lowest BCUT2D eigenvalue weighted by atomic mass is 10.1. The molecule has 1 aromatic heterocycles. The summed E-state index contributed by atoms with van der Waals surface area (Å²) in [5.41, 5.74) is 2.49. The van der Waals surface area contributed by atoms with Crippen LogP contribution in [-0.2, 0) is 0 Å². The molecule has 0 spiro atoms. The van der Waals surface area contributed by atoms with Crippen molar-refractivity contribution in [3.05, 3.63) is 53.3 Å². The number of methoxy groups -OCH3 is 2. The van der Waals surface area contributed by atoms with Gasteiger partial charge >= 0.3 is 5.97 Å². The highest BCUT2D eigenvalue weighted by atomic mass is 32.2. The zero-order chi connectivity index (χ0) is 19.7. The second-order valence-corrected chi connectivity index (χ2v) is 9.02. The Kier molecular flexibility index (Phi) is 5.46. The van der Waals surface area contributed by atoms with Crippen LogP contribution < -0.4 is 14.2 Å². The van der Waals surface area contributed by atoms with E-state index < -0.39 is 5.97 Å². The van der Waals surface area contributed by atoms with Crippen LogP contribution in [0.25, 0.3) is 11.0 Å². The normalized spacial score (nSPS) is 14.4. The molecule has 0 radical (unpaired) electrons. The van der Waals surface area contributed by atoms with Crippen molar-refractivity contribution in [3.63, 3.8) is 0 Å². The quantitative estimate of drug-likeness (QED) is 0.404. The molecule has 4 rings (SSSR count). The highest BCUT2D eigenvalue weighted by molar-refractivity contribution is 8.19. The number of esters is 1. The first kappa shape index (κ1) is 19.1. The van der Waals surface area contributed by atoms with Crippen LogP contribution in [0.15, 0.2) is 40.8 Å². The first-order chi connectivity index (χ1) is 13.6. The fraction of sp³-hybridized carbons (Fsp3) is 0.286. The number of furan rings is 1. The topological polar surface area (TPSA) is 57.9 Å². The lowest BCUT2D eigenvalue weighted by Crippen LogP contribution is -2.09. The Morgan fingerprint density at radius 1 is 1.04 bits per heavy atom. The van der Waals surface area contributed by atoms with Crippen molar-refractivity contribution in [3.8, 4) is 17.2 Å². The molecule has 0 N–H and O–H groups in total. The number of hydrogen-bond donors (Lipinski definition) is 0. The van der Waals surface area contributed by atoms with Gasteiger partial charge in [0.25, 0.3) is 0 Å². The minimum Gasteiger partial charge on any atom is -0.497 e. The van der Waals surface area contributed by atoms with Gasteiger partial charge in [-0.1, -0.05) is 6.07 Å². The molecule has 146 valence electrons. The number of thioether (sulfide) groups is 2.